The summed E-state index contributed by atoms with van der Waals surface area (Å²) in [6, 6.07) is 13.6. The third-order valence-electron chi connectivity index (χ3n) is 4.51. The van der Waals surface area contributed by atoms with Crippen molar-refractivity contribution in [2.45, 2.75) is 25.6 Å². The Morgan fingerprint density at radius 3 is 2.46 bits per heavy atom. The lowest BCUT2D eigenvalue weighted by Crippen LogP contribution is -2.35. The van der Waals surface area contributed by atoms with Crippen LogP contribution in [0.4, 0.5) is 0 Å². The van der Waals surface area contributed by atoms with Crippen molar-refractivity contribution in [2.75, 3.05) is 11.5 Å². The summed E-state index contributed by atoms with van der Waals surface area (Å²) in [5.41, 5.74) is 2.01. The van der Waals surface area contributed by atoms with Crippen LogP contribution in [0.3, 0.4) is 0 Å². The van der Waals surface area contributed by atoms with E-state index in [0.717, 1.165) is 11.1 Å². The smallest absolute Gasteiger partial charge is 0.250 e. The van der Waals surface area contributed by atoms with Gasteiger partial charge < -0.3 is 4.57 Å². The SMILES string of the molecule is Cn1ccc(CN(Cc2ccccc2)C2CCS(=O)(=O)C2)cc1=O. The predicted molar refractivity (Wildman–Crippen MR) is 94.4 cm³/mol. The van der Waals surface area contributed by atoms with Gasteiger partial charge in [-0.1, -0.05) is 30.3 Å². The van der Waals surface area contributed by atoms with Crippen molar-refractivity contribution in [1.82, 2.24) is 9.47 Å². The zero-order chi connectivity index (χ0) is 17.2. The van der Waals surface area contributed by atoms with Crippen molar-refractivity contribution < 1.29 is 8.42 Å². The van der Waals surface area contributed by atoms with E-state index in [1.807, 2.05) is 36.4 Å². The molecule has 1 aliphatic rings. The van der Waals surface area contributed by atoms with Crippen molar-refractivity contribution in [3.05, 3.63) is 70.1 Å². The Morgan fingerprint density at radius 2 is 1.83 bits per heavy atom. The average molecular weight is 346 g/mol. The molecule has 0 N–H and O–H groups in total. The second-order valence-electron chi connectivity index (χ2n) is 6.43. The Kier molecular flexibility index (Phi) is 4.87. The Hall–Kier alpha value is -1.92. The summed E-state index contributed by atoms with van der Waals surface area (Å²) in [4.78, 5) is 14.0. The molecular formula is C18H22N2O3S. The molecule has 1 unspecified atom stereocenters. The van der Waals surface area contributed by atoms with Gasteiger partial charge in [0.25, 0.3) is 5.56 Å². The minimum absolute atomic E-state index is 0.000681. The number of pyridine rings is 1. The van der Waals surface area contributed by atoms with Gasteiger partial charge in [0.2, 0.25) is 0 Å². The standard InChI is InChI=1S/C18H22N2O3S/c1-19-9-7-16(11-18(19)21)13-20(12-15-5-3-2-4-6-15)17-8-10-24(22,23)14-17/h2-7,9,11,17H,8,10,12-14H2,1H3. The first-order chi connectivity index (χ1) is 11.4. The largest absolute Gasteiger partial charge is 0.319 e. The van der Waals surface area contributed by atoms with E-state index in [4.69, 9.17) is 0 Å². The number of hydrogen-bond donors (Lipinski definition) is 0. The summed E-state index contributed by atoms with van der Waals surface area (Å²) < 4.78 is 25.3. The van der Waals surface area contributed by atoms with Crippen LogP contribution in [0.15, 0.2) is 53.5 Å². The van der Waals surface area contributed by atoms with E-state index in [-0.39, 0.29) is 23.1 Å². The third-order valence-corrected chi connectivity index (χ3v) is 6.26. The molecule has 2 aromatic rings. The van der Waals surface area contributed by atoms with Crippen LogP contribution < -0.4 is 5.56 Å². The monoisotopic (exact) mass is 346 g/mol. The van der Waals surface area contributed by atoms with Crippen LogP contribution in [-0.4, -0.2) is 35.4 Å². The molecule has 1 atom stereocenters. The van der Waals surface area contributed by atoms with Gasteiger partial charge in [0.1, 0.15) is 0 Å². The molecule has 3 rings (SSSR count). The number of rotatable bonds is 5. The van der Waals surface area contributed by atoms with E-state index in [1.54, 1.807) is 19.3 Å². The number of hydrogen-bond acceptors (Lipinski definition) is 4. The molecule has 5 nitrogen and oxygen atoms in total. The summed E-state index contributed by atoms with van der Waals surface area (Å²) >= 11 is 0. The minimum Gasteiger partial charge on any atom is -0.319 e. The van der Waals surface area contributed by atoms with Gasteiger partial charge in [0.05, 0.1) is 11.5 Å². The fourth-order valence-corrected chi connectivity index (χ4v) is 4.88. The highest BCUT2D eigenvalue weighted by molar-refractivity contribution is 7.91. The highest BCUT2D eigenvalue weighted by Crippen LogP contribution is 2.22. The number of sulfone groups is 1. The van der Waals surface area contributed by atoms with Gasteiger partial charge in [-0.15, -0.1) is 0 Å². The fourth-order valence-electron chi connectivity index (χ4n) is 3.12. The van der Waals surface area contributed by atoms with Gasteiger partial charge in [0, 0.05) is 38.4 Å². The molecule has 2 heterocycles. The molecule has 0 aliphatic carbocycles. The molecule has 0 spiro atoms. The first-order valence-electron chi connectivity index (χ1n) is 8.07. The zero-order valence-corrected chi connectivity index (χ0v) is 14.6. The van der Waals surface area contributed by atoms with Crippen molar-refractivity contribution in [3.8, 4) is 0 Å². The molecule has 1 aromatic carbocycles. The lowest BCUT2D eigenvalue weighted by Gasteiger charge is -2.28. The minimum atomic E-state index is -2.95. The number of aromatic nitrogens is 1. The molecule has 1 aromatic heterocycles. The maximum absolute atomic E-state index is 11.9. The van der Waals surface area contributed by atoms with E-state index in [9.17, 15) is 13.2 Å². The first-order valence-corrected chi connectivity index (χ1v) is 9.89. The van der Waals surface area contributed by atoms with E-state index in [0.29, 0.717) is 19.5 Å². The lowest BCUT2D eigenvalue weighted by atomic mass is 10.1. The van der Waals surface area contributed by atoms with E-state index >= 15 is 0 Å². The van der Waals surface area contributed by atoms with Crippen molar-refractivity contribution in [2.24, 2.45) is 7.05 Å². The normalized spacial score (nSPS) is 19.7. The highest BCUT2D eigenvalue weighted by Gasteiger charge is 2.32. The Balaban J connectivity index is 1.83. The van der Waals surface area contributed by atoms with Crippen LogP contribution in [0.5, 0.6) is 0 Å². The van der Waals surface area contributed by atoms with Gasteiger partial charge >= 0.3 is 0 Å². The maximum atomic E-state index is 11.9. The second-order valence-corrected chi connectivity index (χ2v) is 8.66. The van der Waals surface area contributed by atoms with Crippen molar-refractivity contribution >= 4 is 9.84 Å². The summed E-state index contributed by atoms with van der Waals surface area (Å²) in [6.45, 7) is 1.25. The lowest BCUT2D eigenvalue weighted by molar-refractivity contribution is 0.194. The van der Waals surface area contributed by atoms with Crippen molar-refractivity contribution in [3.63, 3.8) is 0 Å². The molecule has 24 heavy (non-hydrogen) atoms. The van der Waals surface area contributed by atoms with Gasteiger partial charge in [-0.3, -0.25) is 9.69 Å². The third kappa shape index (κ3) is 4.13. The summed E-state index contributed by atoms with van der Waals surface area (Å²) in [7, 11) is -1.23. The van der Waals surface area contributed by atoms with Crippen LogP contribution in [0.25, 0.3) is 0 Å². The molecular weight excluding hydrogens is 324 g/mol. The second kappa shape index (κ2) is 6.91. The summed E-state index contributed by atoms with van der Waals surface area (Å²) in [5.74, 6) is 0.449. The quantitative estimate of drug-likeness (QED) is 0.825. The topological polar surface area (TPSA) is 59.4 Å². The Bertz CT molecular complexity index is 859. The highest BCUT2D eigenvalue weighted by atomic mass is 32.2. The maximum Gasteiger partial charge on any atom is 0.250 e. The molecule has 1 aliphatic heterocycles. The van der Waals surface area contributed by atoms with Gasteiger partial charge in [-0.05, 0) is 23.6 Å². The fraction of sp³-hybridized carbons (Fsp3) is 0.389. The predicted octanol–water partition coefficient (Wildman–Crippen LogP) is 1.57. The molecule has 0 bridgehead atoms. The van der Waals surface area contributed by atoms with Crippen LogP contribution in [-0.2, 0) is 30.0 Å². The van der Waals surface area contributed by atoms with E-state index in [1.165, 1.54) is 4.57 Å². The molecule has 0 amide bonds. The van der Waals surface area contributed by atoms with Gasteiger partial charge in [-0.25, -0.2) is 8.42 Å². The molecule has 0 saturated carbocycles. The van der Waals surface area contributed by atoms with Crippen LogP contribution in [0.1, 0.15) is 17.5 Å². The Labute approximate surface area is 142 Å². The van der Waals surface area contributed by atoms with Crippen LogP contribution in [0.2, 0.25) is 0 Å². The number of benzene rings is 1. The van der Waals surface area contributed by atoms with Crippen molar-refractivity contribution in [1.29, 1.82) is 0 Å². The Morgan fingerprint density at radius 1 is 1.12 bits per heavy atom. The summed E-state index contributed by atoms with van der Waals surface area (Å²) in [6.07, 6.45) is 2.41. The summed E-state index contributed by atoms with van der Waals surface area (Å²) in [5, 5.41) is 0. The van der Waals surface area contributed by atoms with Gasteiger partial charge in [0.15, 0.2) is 9.84 Å². The van der Waals surface area contributed by atoms with Crippen LogP contribution in [0, 0.1) is 0 Å². The van der Waals surface area contributed by atoms with E-state index in [2.05, 4.69) is 4.90 Å². The molecule has 6 heteroatoms. The zero-order valence-electron chi connectivity index (χ0n) is 13.8. The van der Waals surface area contributed by atoms with Gasteiger partial charge in [-0.2, -0.15) is 0 Å². The number of nitrogens with zero attached hydrogens (tertiary/aromatic N) is 2. The number of aryl methyl sites for hydroxylation is 1. The molecule has 1 fully saturated rings. The van der Waals surface area contributed by atoms with Crippen LogP contribution >= 0.6 is 0 Å². The van der Waals surface area contributed by atoms with E-state index < -0.39 is 9.84 Å². The molecule has 0 radical (unpaired) electrons. The average Bonchev–Trinajstić information content (AvgIpc) is 2.91. The molecule has 128 valence electrons. The molecule has 1 saturated heterocycles. The first kappa shape index (κ1) is 16.9.